The number of carbonyl (C=O) groups excluding carboxylic acids is 1. The molecule has 0 saturated heterocycles. The molecule has 0 aliphatic carbocycles. The molecule has 1 rings (SSSR count). The maximum atomic E-state index is 12.7. The van der Waals surface area contributed by atoms with E-state index in [2.05, 4.69) is 4.74 Å². The number of aryl methyl sites for hydroxylation is 1. The zero-order chi connectivity index (χ0) is 15.7. The van der Waals surface area contributed by atoms with Gasteiger partial charge in [0, 0.05) is 13.1 Å². The molecule has 1 heterocycles. The van der Waals surface area contributed by atoms with Crippen molar-refractivity contribution in [2.24, 2.45) is 5.92 Å². The van der Waals surface area contributed by atoms with Gasteiger partial charge in [0.1, 0.15) is 9.77 Å². The molecule has 1 atom stereocenters. The summed E-state index contributed by atoms with van der Waals surface area (Å²) in [5.74, 6) is -0.442. The smallest absolute Gasteiger partial charge is 0.349 e. The van der Waals surface area contributed by atoms with Crippen LogP contribution in [-0.4, -0.2) is 38.9 Å². The summed E-state index contributed by atoms with van der Waals surface area (Å²) in [5.41, 5.74) is 0.568. The van der Waals surface area contributed by atoms with Crippen molar-refractivity contribution in [1.29, 1.82) is 0 Å². The van der Waals surface area contributed by atoms with Crippen LogP contribution in [0.1, 0.15) is 36.0 Å². The number of esters is 1. The zero-order valence-electron chi connectivity index (χ0n) is 12.6. The van der Waals surface area contributed by atoms with Crippen LogP contribution in [0.25, 0.3) is 0 Å². The quantitative estimate of drug-likeness (QED) is 0.782. The first-order valence-corrected chi connectivity index (χ1v) is 8.61. The number of carbonyl (C=O) groups is 1. The molecule has 0 bridgehead atoms. The molecule has 1 aromatic rings. The van der Waals surface area contributed by atoms with Gasteiger partial charge in [-0.05, 0) is 30.7 Å². The fourth-order valence-electron chi connectivity index (χ4n) is 1.77. The van der Waals surface area contributed by atoms with Gasteiger partial charge < -0.3 is 4.74 Å². The topological polar surface area (TPSA) is 63.7 Å². The normalized spacial score (nSPS) is 13.8. The molecular weight excluding hydrogens is 298 g/mol. The Morgan fingerprint density at radius 2 is 1.90 bits per heavy atom. The van der Waals surface area contributed by atoms with Crippen LogP contribution in [0.4, 0.5) is 0 Å². The minimum Gasteiger partial charge on any atom is -0.465 e. The average molecular weight is 319 g/mol. The number of rotatable bonds is 5. The van der Waals surface area contributed by atoms with E-state index in [1.54, 1.807) is 12.3 Å². The standard InChI is InChI=1S/C13H21NO4S2/c1-8(2)10(4)14(5)20(16,17)12-9(3)7-19-11(12)13(15)18-6/h7-8,10H,1-6H3. The molecule has 7 heteroatoms. The maximum Gasteiger partial charge on any atom is 0.349 e. The summed E-state index contributed by atoms with van der Waals surface area (Å²) in [4.78, 5) is 11.9. The van der Waals surface area contributed by atoms with E-state index >= 15 is 0 Å². The number of thiophene rings is 1. The molecular formula is C13H21NO4S2. The van der Waals surface area contributed by atoms with Crippen molar-refractivity contribution in [1.82, 2.24) is 4.31 Å². The summed E-state index contributed by atoms with van der Waals surface area (Å²) >= 11 is 1.09. The van der Waals surface area contributed by atoms with E-state index < -0.39 is 16.0 Å². The number of methoxy groups -OCH3 is 1. The molecule has 0 fully saturated rings. The van der Waals surface area contributed by atoms with Gasteiger partial charge in [-0.1, -0.05) is 13.8 Å². The average Bonchev–Trinajstić information content (AvgIpc) is 2.78. The molecule has 0 radical (unpaired) electrons. The van der Waals surface area contributed by atoms with Gasteiger partial charge >= 0.3 is 5.97 Å². The number of hydrogen-bond acceptors (Lipinski definition) is 5. The fourth-order valence-corrected chi connectivity index (χ4v) is 4.92. The van der Waals surface area contributed by atoms with Crippen LogP contribution in [-0.2, 0) is 14.8 Å². The minimum atomic E-state index is -3.71. The molecule has 0 spiro atoms. The predicted molar refractivity (Wildman–Crippen MR) is 79.6 cm³/mol. The van der Waals surface area contributed by atoms with E-state index in [1.165, 1.54) is 18.5 Å². The predicted octanol–water partition coefficient (Wildman–Crippen LogP) is 2.51. The van der Waals surface area contributed by atoms with Crippen molar-refractivity contribution < 1.29 is 17.9 Å². The van der Waals surface area contributed by atoms with Crippen LogP contribution in [0.3, 0.4) is 0 Å². The second-order valence-electron chi connectivity index (χ2n) is 5.07. The Labute approximate surface area is 124 Å². The molecule has 5 nitrogen and oxygen atoms in total. The molecule has 0 saturated carbocycles. The first kappa shape index (κ1) is 17.1. The van der Waals surface area contributed by atoms with E-state index in [-0.39, 0.29) is 21.7 Å². The van der Waals surface area contributed by atoms with Crippen molar-refractivity contribution in [3.63, 3.8) is 0 Å². The zero-order valence-corrected chi connectivity index (χ0v) is 14.3. The third kappa shape index (κ3) is 3.05. The Balaban J connectivity index is 3.36. The number of nitrogens with zero attached hydrogens (tertiary/aromatic N) is 1. The second kappa shape index (κ2) is 6.24. The van der Waals surface area contributed by atoms with Crippen LogP contribution in [0.15, 0.2) is 10.3 Å². The Hall–Kier alpha value is -0.920. The van der Waals surface area contributed by atoms with Gasteiger partial charge in [0.05, 0.1) is 7.11 Å². The SMILES string of the molecule is COC(=O)c1scc(C)c1S(=O)(=O)N(C)C(C)C(C)C. The third-order valence-corrected chi connectivity index (χ3v) is 6.80. The lowest BCUT2D eigenvalue weighted by molar-refractivity contribution is 0.0602. The van der Waals surface area contributed by atoms with Crippen LogP contribution >= 0.6 is 11.3 Å². The molecule has 0 aliphatic heterocycles. The van der Waals surface area contributed by atoms with Gasteiger partial charge in [-0.2, -0.15) is 4.31 Å². The lowest BCUT2D eigenvalue weighted by Crippen LogP contribution is -2.38. The van der Waals surface area contributed by atoms with Crippen molar-refractivity contribution >= 4 is 27.3 Å². The molecule has 1 aromatic heterocycles. The molecule has 20 heavy (non-hydrogen) atoms. The van der Waals surface area contributed by atoms with Gasteiger partial charge in [0.25, 0.3) is 0 Å². The largest absolute Gasteiger partial charge is 0.465 e. The highest BCUT2D eigenvalue weighted by atomic mass is 32.2. The molecule has 1 unspecified atom stereocenters. The van der Waals surface area contributed by atoms with E-state index in [4.69, 9.17) is 0 Å². The lowest BCUT2D eigenvalue weighted by atomic mass is 10.1. The third-order valence-electron chi connectivity index (χ3n) is 3.46. The van der Waals surface area contributed by atoms with Crippen LogP contribution < -0.4 is 0 Å². The first-order valence-electron chi connectivity index (χ1n) is 6.29. The second-order valence-corrected chi connectivity index (χ2v) is 7.89. The van der Waals surface area contributed by atoms with Crippen molar-refractivity contribution in [2.75, 3.05) is 14.2 Å². The van der Waals surface area contributed by atoms with Crippen LogP contribution in [0, 0.1) is 12.8 Å². The highest BCUT2D eigenvalue weighted by Gasteiger charge is 2.33. The molecule has 0 aliphatic rings. The Bertz CT molecular complexity index is 590. The summed E-state index contributed by atoms with van der Waals surface area (Å²) in [6.07, 6.45) is 0. The molecule has 0 N–H and O–H groups in total. The van der Waals surface area contributed by atoms with Crippen molar-refractivity contribution in [3.8, 4) is 0 Å². The van der Waals surface area contributed by atoms with Gasteiger partial charge in [-0.3, -0.25) is 0 Å². The monoisotopic (exact) mass is 319 g/mol. The fraction of sp³-hybridized carbons (Fsp3) is 0.615. The summed E-state index contributed by atoms with van der Waals surface area (Å²) in [6, 6.07) is -0.162. The number of hydrogen-bond donors (Lipinski definition) is 0. The summed E-state index contributed by atoms with van der Waals surface area (Å²) in [7, 11) is -0.929. The minimum absolute atomic E-state index is 0.0596. The summed E-state index contributed by atoms with van der Waals surface area (Å²) < 4.78 is 31.4. The first-order chi connectivity index (χ1) is 9.14. The van der Waals surface area contributed by atoms with Crippen molar-refractivity contribution in [3.05, 3.63) is 15.8 Å². The maximum absolute atomic E-state index is 12.7. The van der Waals surface area contributed by atoms with Crippen LogP contribution in [0.2, 0.25) is 0 Å². The van der Waals surface area contributed by atoms with Crippen molar-refractivity contribution in [2.45, 2.75) is 38.6 Å². The van der Waals surface area contributed by atoms with Gasteiger partial charge in [-0.15, -0.1) is 11.3 Å². The summed E-state index contributed by atoms with van der Waals surface area (Å²) in [6.45, 7) is 7.45. The van der Waals surface area contributed by atoms with E-state index in [9.17, 15) is 13.2 Å². The van der Waals surface area contributed by atoms with Gasteiger partial charge in [0.15, 0.2) is 0 Å². The highest BCUT2D eigenvalue weighted by molar-refractivity contribution is 7.89. The Kier molecular flexibility index (Phi) is 5.34. The van der Waals surface area contributed by atoms with E-state index in [0.29, 0.717) is 5.56 Å². The number of ether oxygens (including phenoxy) is 1. The molecule has 0 aromatic carbocycles. The molecule has 114 valence electrons. The van der Waals surface area contributed by atoms with Crippen LogP contribution in [0.5, 0.6) is 0 Å². The van der Waals surface area contributed by atoms with E-state index in [0.717, 1.165) is 11.3 Å². The van der Waals surface area contributed by atoms with Gasteiger partial charge in [-0.25, -0.2) is 13.2 Å². The highest BCUT2D eigenvalue weighted by Crippen LogP contribution is 2.31. The summed E-state index contributed by atoms with van der Waals surface area (Å²) in [5, 5.41) is 1.66. The Morgan fingerprint density at radius 1 is 1.35 bits per heavy atom. The van der Waals surface area contributed by atoms with E-state index in [1.807, 2.05) is 20.8 Å². The van der Waals surface area contributed by atoms with Gasteiger partial charge in [0.2, 0.25) is 10.0 Å². The lowest BCUT2D eigenvalue weighted by Gasteiger charge is -2.27. The molecule has 0 amide bonds. The Morgan fingerprint density at radius 3 is 2.35 bits per heavy atom. The number of sulfonamides is 1.